The van der Waals surface area contributed by atoms with Crippen LogP contribution in [0.25, 0.3) is 12.2 Å². The Bertz CT molecular complexity index is 509. The minimum Gasteiger partial charge on any atom is -0.199 e. The molecular weight excluding hydrogens is 206 g/mol. The molecule has 0 fully saturated rings. The zero-order chi connectivity index (χ0) is 12.1. The van der Waals surface area contributed by atoms with Gasteiger partial charge >= 0.3 is 0 Å². The summed E-state index contributed by atoms with van der Waals surface area (Å²) in [4.78, 5) is 0. The number of pyridine rings is 1. The second-order valence-electron chi connectivity index (χ2n) is 4.16. The standard InChI is InChI=1S/C16H18N/c1-3-17-13-5-4-6-16(17)12-11-15-9-7-14(2)8-10-15/h4-13H,3H2,1-2H3/q+1/b12-11+. The van der Waals surface area contributed by atoms with E-state index in [0.29, 0.717) is 0 Å². The molecule has 0 radical (unpaired) electrons. The number of hydrogen-bond acceptors (Lipinski definition) is 0. The van der Waals surface area contributed by atoms with E-state index < -0.39 is 0 Å². The van der Waals surface area contributed by atoms with Gasteiger partial charge in [0.05, 0.1) is 0 Å². The Morgan fingerprint density at radius 2 is 1.76 bits per heavy atom. The first-order valence-electron chi connectivity index (χ1n) is 6.03. The van der Waals surface area contributed by atoms with Crippen molar-refractivity contribution >= 4 is 12.2 Å². The van der Waals surface area contributed by atoms with Gasteiger partial charge in [0.2, 0.25) is 5.69 Å². The summed E-state index contributed by atoms with van der Waals surface area (Å²) in [5.41, 5.74) is 3.77. The van der Waals surface area contributed by atoms with Crippen LogP contribution >= 0.6 is 0 Å². The molecule has 17 heavy (non-hydrogen) atoms. The summed E-state index contributed by atoms with van der Waals surface area (Å²) in [6, 6.07) is 14.8. The van der Waals surface area contributed by atoms with Crippen molar-refractivity contribution in [1.29, 1.82) is 0 Å². The van der Waals surface area contributed by atoms with Crippen LogP contribution in [0.4, 0.5) is 0 Å². The fourth-order valence-corrected chi connectivity index (χ4v) is 1.79. The van der Waals surface area contributed by atoms with E-state index in [1.807, 2.05) is 0 Å². The van der Waals surface area contributed by atoms with Gasteiger partial charge in [-0.2, -0.15) is 4.57 Å². The Morgan fingerprint density at radius 1 is 1.00 bits per heavy atom. The molecule has 2 aromatic rings. The molecule has 1 nitrogen and oxygen atoms in total. The van der Waals surface area contributed by atoms with Gasteiger partial charge in [0.1, 0.15) is 6.54 Å². The van der Waals surface area contributed by atoms with E-state index >= 15 is 0 Å². The Labute approximate surface area is 103 Å². The van der Waals surface area contributed by atoms with Crippen molar-refractivity contribution in [3.63, 3.8) is 0 Å². The Balaban J connectivity index is 2.22. The van der Waals surface area contributed by atoms with Crippen molar-refractivity contribution < 1.29 is 4.57 Å². The van der Waals surface area contributed by atoms with Gasteiger partial charge in [0.25, 0.3) is 0 Å². The highest BCUT2D eigenvalue weighted by molar-refractivity contribution is 5.66. The summed E-state index contributed by atoms with van der Waals surface area (Å²) < 4.78 is 2.23. The van der Waals surface area contributed by atoms with E-state index in [1.54, 1.807) is 0 Å². The molecule has 2 rings (SSSR count). The summed E-state index contributed by atoms with van der Waals surface area (Å²) in [5.74, 6) is 0. The molecule has 86 valence electrons. The van der Waals surface area contributed by atoms with Gasteiger partial charge in [-0.05, 0) is 31.6 Å². The first-order valence-corrected chi connectivity index (χ1v) is 6.03. The number of nitrogens with zero attached hydrogens (tertiary/aromatic N) is 1. The maximum atomic E-state index is 2.23. The maximum Gasteiger partial charge on any atom is 0.205 e. The van der Waals surface area contributed by atoms with Crippen molar-refractivity contribution in [2.24, 2.45) is 0 Å². The van der Waals surface area contributed by atoms with E-state index in [-0.39, 0.29) is 0 Å². The molecule has 0 aliphatic heterocycles. The molecule has 1 heteroatoms. The zero-order valence-electron chi connectivity index (χ0n) is 10.4. The average Bonchev–Trinajstić information content (AvgIpc) is 2.38. The Hall–Kier alpha value is -1.89. The molecule has 0 N–H and O–H groups in total. The molecule has 1 aromatic carbocycles. The van der Waals surface area contributed by atoms with Crippen LogP contribution in [0.5, 0.6) is 0 Å². The van der Waals surface area contributed by atoms with Crippen LogP contribution in [-0.2, 0) is 6.54 Å². The third-order valence-electron chi connectivity index (χ3n) is 2.84. The fourth-order valence-electron chi connectivity index (χ4n) is 1.79. The van der Waals surface area contributed by atoms with Crippen molar-refractivity contribution in [3.05, 3.63) is 65.5 Å². The molecule has 0 saturated carbocycles. The quantitative estimate of drug-likeness (QED) is 0.703. The number of aromatic nitrogens is 1. The summed E-state index contributed by atoms with van der Waals surface area (Å²) in [6.45, 7) is 5.26. The first-order chi connectivity index (χ1) is 8.29. The van der Waals surface area contributed by atoms with Gasteiger partial charge in [0, 0.05) is 18.2 Å². The third-order valence-corrected chi connectivity index (χ3v) is 2.84. The average molecular weight is 224 g/mol. The monoisotopic (exact) mass is 224 g/mol. The lowest BCUT2D eigenvalue weighted by atomic mass is 10.1. The smallest absolute Gasteiger partial charge is 0.199 e. The van der Waals surface area contributed by atoms with Gasteiger partial charge < -0.3 is 0 Å². The summed E-state index contributed by atoms with van der Waals surface area (Å²) in [5, 5.41) is 0. The molecule has 0 aliphatic carbocycles. The van der Waals surface area contributed by atoms with Gasteiger partial charge in [0.15, 0.2) is 6.20 Å². The lowest BCUT2D eigenvalue weighted by Gasteiger charge is -1.97. The molecule has 0 bridgehead atoms. The molecule has 1 aromatic heterocycles. The van der Waals surface area contributed by atoms with Crippen LogP contribution in [-0.4, -0.2) is 0 Å². The first kappa shape index (κ1) is 11.6. The molecule has 0 amide bonds. The van der Waals surface area contributed by atoms with Crippen LogP contribution < -0.4 is 4.57 Å². The molecule has 0 spiro atoms. The van der Waals surface area contributed by atoms with Crippen LogP contribution in [0.2, 0.25) is 0 Å². The highest BCUT2D eigenvalue weighted by Gasteiger charge is 2.01. The Morgan fingerprint density at radius 3 is 2.47 bits per heavy atom. The van der Waals surface area contributed by atoms with Crippen LogP contribution in [0.1, 0.15) is 23.7 Å². The molecular formula is C16H18N+. The predicted molar refractivity (Wildman–Crippen MR) is 72.4 cm³/mol. The largest absolute Gasteiger partial charge is 0.205 e. The zero-order valence-corrected chi connectivity index (χ0v) is 10.4. The van der Waals surface area contributed by atoms with E-state index in [2.05, 4.69) is 79.2 Å². The lowest BCUT2D eigenvalue weighted by Crippen LogP contribution is -2.34. The molecule has 0 atom stereocenters. The minimum atomic E-state index is 0.994. The summed E-state index contributed by atoms with van der Waals surface area (Å²) in [6.07, 6.45) is 6.42. The van der Waals surface area contributed by atoms with E-state index in [4.69, 9.17) is 0 Å². The second-order valence-corrected chi connectivity index (χ2v) is 4.16. The van der Waals surface area contributed by atoms with E-state index in [0.717, 1.165) is 6.54 Å². The summed E-state index contributed by atoms with van der Waals surface area (Å²) in [7, 11) is 0. The number of benzene rings is 1. The van der Waals surface area contributed by atoms with Gasteiger partial charge in [-0.1, -0.05) is 29.8 Å². The third kappa shape index (κ3) is 3.04. The van der Waals surface area contributed by atoms with E-state index in [1.165, 1.54) is 16.8 Å². The molecule has 0 aliphatic rings. The highest BCUT2D eigenvalue weighted by atomic mass is 14.9. The normalized spacial score (nSPS) is 10.9. The van der Waals surface area contributed by atoms with Crippen molar-refractivity contribution in [2.45, 2.75) is 20.4 Å². The fraction of sp³-hybridized carbons (Fsp3) is 0.188. The van der Waals surface area contributed by atoms with Crippen LogP contribution in [0, 0.1) is 6.92 Å². The SMILES string of the molecule is CC[n+]1ccccc1/C=C/c1ccc(C)cc1. The predicted octanol–water partition coefficient (Wildman–Crippen LogP) is 3.47. The van der Waals surface area contributed by atoms with Crippen molar-refractivity contribution in [3.8, 4) is 0 Å². The van der Waals surface area contributed by atoms with Crippen molar-refractivity contribution in [2.75, 3.05) is 0 Å². The van der Waals surface area contributed by atoms with Crippen LogP contribution in [0.3, 0.4) is 0 Å². The van der Waals surface area contributed by atoms with Crippen molar-refractivity contribution in [1.82, 2.24) is 0 Å². The maximum absolute atomic E-state index is 2.23. The Kier molecular flexibility index (Phi) is 3.71. The van der Waals surface area contributed by atoms with Gasteiger partial charge in [-0.15, -0.1) is 0 Å². The number of hydrogen-bond donors (Lipinski definition) is 0. The lowest BCUT2D eigenvalue weighted by molar-refractivity contribution is -0.695. The summed E-state index contributed by atoms with van der Waals surface area (Å²) >= 11 is 0. The van der Waals surface area contributed by atoms with E-state index in [9.17, 15) is 0 Å². The topological polar surface area (TPSA) is 3.88 Å². The minimum absolute atomic E-state index is 0.994. The molecule has 0 saturated heterocycles. The van der Waals surface area contributed by atoms with Crippen LogP contribution in [0.15, 0.2) is 48.7 Å². The number of aryl methyl sites for hydroxylation is 2. The van der Waals surface area contributed by atoms with Gasteiger partial charge in [-0.25, -0.2) is 0 Å². The van der Waals surface area contributed by atoms with Gasteiger partial charge in [-0.3, -0.25) is 0 Å². The number of rotatable bonds is 3. The highest BCUT2D eigenvalue weighted by Crippen LogP contribution is 2.07. The molecule has 0 unspecified atom stereocenters. The molecule has 1 heterocycles. The second kappa shape index (κ2) is 5.44.